The van der Waals surface area contributed by atoms with Crippen molar-refractivity contribution in [3.63, 3.8) is 0 Å². The second kappa shape index (κ2) is 7.59. The van der Waals surface area contributed by atoms with Gasteiger partial charge in [0.25, 0.3) is 0 Å². The number of benzene rings is 4. The third kappa shape index (κ3) is 3.33. The van der Waals surface area contributed by atoms with Gasteiger partial charge in [0.2, 0.25) is 0 Å². The highest BCUT2D eigenvalue weighted by molar-refractivity contribution is 7.26. The number of rotatable bonds is 5. The normalized spacial score (nSPS) is 12.0. The zero-order valence-electron chi connectivity index (χ0n) is 16.7. The third-order valence-electron chi connectivity index (χ3n) is 5.89. The van der Waals surface area contributed by atoms with Gasteiger partial charge in [0.15, 0.2) is 11.6 Å². The van der Waals surface area contributed by atoms with E-state index in [0.29, 0.717) is 10.8 Å². The molecule has 0 aliphatic rings. The smallest absolute Gasteiger partial charge is 0.159 e. The summed E-state index contributed by atoms with van der Waals surface area (Å²) in [6.07, 6.45) is 5.23. The zero-order valence-corrected chi connectivity index (χ0v) is 17.5. The first-order chi connectivity index (χ1) is 14.5. The van der Waals surface area contributed by atoms with Gasteiger partial charge < -0.3 is 0 Å². The lowest BCUT2D eigenvalue weighted by molar-refractivity contribution is 0.511. The molecule has 0 N–H and O–H groups in total. The van der Waals surface area contributed by atoms with E-state index in [1.54, 1.807) is 17.4 Å². The van der Waals surface area contributed by atoms with Crippen LogP contribution < -0.4 is 0 Å². The maximum Gasteiger partial charge on any atom is 0.159 e. The highest BCUT2D eigenvalue weighted by Crippen LogP contribution is 2.39. The van der Waals surface area contributed by atoms with Crippen LogP contribution in [0.15, 0.2) is 48.5 Å². The van der Waals surface area contributed by atoms with Crippen LogP contribution in [0.3, 0.4) is 0 Å². The van der Waals surface area contributed by atoms with Gasteiger partial charge in [-0.3, -0.25) is 0 Å². The Morgan fingerprint density at radius 1 is 0.600 bits per heavy atom. The summed E-state index contributed by atoms with van der Waals surface area (Å²) in [5.74, 6) is -1.84. The summed E-state index contributed by atoms with van der Waals surface area (Å²) in [6, 6.07) is 14.0. The van der Waals surface area contributed by atoms with E-state index in [9.17, 15) is 13.2 Å². The average Bonchev–Trinajstić information content (AvgIpc) is 3.05. The Balaban J connectivity index is 1.64. The van der Waals surface area contributed by atoms with Crippen LogP contribution in [0, 0.1) is 17.5 Å². The van der Waals surface area contributed by atoms with Gasteiger partial charge in [-0.15, -0.1) is 11.3 Å². The Morgan fingerprint density at radius 2 is 1.13 bits per heavy atom. The molecule has 0 bridgehead atoms. The van der Waals surface area contributed by atoms with E-state index in [1.165, 1.54) is 25.0 Å². The van der Waals surface area contributed by atoms with Gasteiger partial charge in [0, 0.05) is 20.2 Å². The van der Waals surface area contributed by atoms with Gasteiger partial charge in [0.1, 0.15) is 5.82 Å². The van der Waals surface area contributed by atoms with Gasteiger partial charge >= 0.3 is 0 Å². The van der Waals surface area contributed by atoms with E-state index >= 15 is 0 Å². The Morgan fingerprint density at radius 3 is 1.73 bits per heavy atom. The van der Waals surface area contributed by atoms with Crippen LogP contribution in [0.1, 0.15) is 38.2 Å². The van der Waals surface area contributed by atoms with Crippen molar-refractivity contribution in [3.8, 4) is 0 Å². The Bertz CT molecular complexity index is 1410. The van der Waals surface area contributed by atoms with Crippen molar-refractivity contribution in [2.24, 2.45) is 0 Å². The SMILES string of the molecule is CCCCCCc1cc2cc3sc4cc5cc(F)c(F)cc5cc4c3cc2cc1F. The van der Waals surface area contributed by atoms with Crippen molar-refractivity contribution < 1.29 is 13.2 Å². The molecule has 0 saturated heterocycles. The zero-order chi connectivity index (χ0) is 20.8. The summed E-state index contributed by atoms with van der Waals surface area (Å²) < 4.78 is 44.1. The Labute approximate surface area is 176 Å². The minimum Gasteiger partial charge on any atom is -0.207 e. The molecule has 0 radical (unpaired) electrons. The predicted octanol–water partition coefficient (Wildman–Crippen LogP) is 8.90. The van der Waals surface area contributed by atoms with Crippen LogP contribution >= 0.6 is 11.3 Å². The lowest BCUT2D eigenvalue weighted by Gasteiger charge is -2.07. The number of hydrogen-bond donors (Lipinski definition) is 0. The van der Waals surface area contributed by atoms with Crippen LogP contribution in [-0.4, -0.2) is 0 Å². The summed E-state index contributed by atoms with van der Waals surface area (Å²) in [5, 5.41) is 5.24. The van der Waals surface area contributed by atoms with Crippen LogP contribution in [0.5, 0.6) is 0 Å². The van der Waals surface area contributed by atoms with Gasteiger partial charge in [-0.05, 0) is 88.5 Å². The standard InChI is InChI=1S/C26H21F3S/c1-2-3-4-5-6-15-7-16-13-25-20(8-17(16)10-22(15)27)21-9-18-11-23(28)24(29)12-19(18)14-26(21)30-25/h7-14H,2-6H2,1H3. The second-order valence-corrected chi connectivity index (χ2v) is 9.10. The van der Waals surface area contributed by atoms with E-state index in [2.05, 4.69) is 13.0 Å². The second-order valence-electron chi connectivity index (χ2n) is 8.01. The van der Waals surface area contributed by atoms with Crippen molar-refractivity contribution in [2.45, 2.75) is 39.0 Å². The minimum absolute atomic E-state index is 0.152. The monoisotopic (exact) mass is 422 g/mol. The Kier molecular flexibility index (Phi) is 4.90. The van der Waals surface area contributed by atoms with E-state index in [1.807, 2.05) is 24.3 Å². The average molecular weight is 423 g/mol. The first-order valence-corrected chi connectivity index (χ1v) is 11.2. The number of unbranched alkanes of at least 4 members (excludes halogenated alkanes) is 3. The predicted molar refractivity (Wildman–Crippen MR) is 122 cm³/mol. The van der Waals surface area contributed by atoms with Crippen molar-refractivity contribution in [1.29, 1.82) is 0 Å². The molecule has 5 aromatic rings. The molecule has 0 saturated carbocycles. The molecule has 0 nitrogen and oxygen atoms in total. The number of hydrogen-bond acceptors (Lipinski definition) is 1. The van der Waals surface area contributed by atoms with Gasteiger partial charge in [-0.25, -0.2) is 13.2 Å². The summed E-state index contributed by atoms with van der Waals surface area (Å²) in [5.41, 5.74) is 0.774. The largest absolute Gasteiger partial charge is 0.207 e. The molecule has 0 fully saturated rings. The van der Waals surface area contributed by atoms with E-state index < -0.39 is 11.6 Å². The molecule has 0 aliphatic carbocycles. The lowest BCUT2D eigenvalue weighted by atomic mass is 9.99. The maximum absolute atomic E-state index is 14.7. The molecule has 0 spiro atoms. The number of fused-ring (bicyclic) bond motifs is 5. The highest BCUT2D eigenvalue weighted by atomic mass is 32.1. The van der Waals surface area contributed by atoms with E-state index in [4.69, 9.17) is 0 Å². The molecular formula is C26H21F3S. The molecule has 30 heavy (non-hydrogen) atoms. The van der Waals surface area contributed by atoms with Crippen molar-refractivity contribution in [2.75, 3.05) is 0 Å². The lowest BCUT2D eigenvalue weighted by Crippen LogP contribution is -1.92. The molecule has 152 valence electrons. The van der Waals surface area contributed by atoms with E-state index in [-0.39, 0.29) is 5.82 Å². The van der Waals surface area contributed by atoms with Crippen LogP contribution in [-0.2, 0) is 6.42 Å². The molecule has 4 aromatic carbocycles. The fourth-order valence-electron chi connectivity index (χ4n) is 4.26. The minimum atomic E-state index is -0.847. The molecule has 0 aliphatic heterocycles. The third-order valence-corrected chi connectivity index (χ3v) is 7.01. The fourth-order valence-corrected chi connectivity index (χ4v) is 5.43. The summed E-state index contributed by atoms with van der Waals surface area (Å²) in [6.45, 7) is 2.17. The summed E-state index contributed by atoms with van der Waals surface area (Å²) >= 11 is 1.63. The van der Waals surface area contributed by atoms with Gasteiger partial charge in [-0.1, -0.05) is 26.2 Å². The Hall–Kier alpha value is -2.59. The molecule has 0 atom stereocenters. The number of halogens is 3. The van der Waals surface area contributed by atoms with Crippen molar-refractivity contribution >= 4 is 53.1 Å². The van der Waals surface area contributed by atoms with Crippen LogP contribution in [0.2, 0.25) is 0 Å². The van der Waals surface area contributed by atoms with E-state index in [0.717, 1.165) is 55.8 Å². The summed E-state index contributed by atoms with van der Waals surface area (Å²) in [4.78, 5) is 0. The van der Waals surface area contributed by atoms with Crippen LogP contribution in [0.25, 0.3) is 41.7 Å². The van der Waals surface area contributed by atoms with Crippen molar-refractivity contribution in [3.05, 3.63) is 71.5 Å². The van der Waals surface area contributed by atoms with Crippen LogP contribution in [0.4, 0.5) is 13.2 Å². The number of thiophene rings is 1. The molecule has 4 heteroatoms. The first-order valence-electron chi connectivity index (χ1n) is 10.4. The summed E-state index contributed by atoms with van der Waals surface area (Å²) in [7, 11) is 0. The quantitative estimate of drug-likeness (QED) is 0.248. The van der Waals surface area contributed by atoms with Gasteiger partial charge in [-0.2, -0.15) is 0 Å². The topological polar surface area (TPSA) is 0 Å². The maximum atomic E-state index is 14.7. The molecule has 0 unspecified atom stereocenters. The molecule has 1 heterocycles. The molecule has 1 aromatic heterocycles. The molecule has 5 rings (SSSR count). The molecule has 0 amide bonds. The highest BCUT2D eigenvalue weighted by Gasteiger charge is 2.12. The first kappa shape index (κ1) is 19.4. The van der Waals surface area contributed by atoms with Crippen molar-refractivity contribution in [1.82, 2.24) is 0 Å². The fraction of sp³-hybridized carbons (Fsp3) is 0.231. The molecular weight excluding hydrogens is 401 g/mol. The number of aryl methyl sites for hydroxylation is 1. The van der Waals surface area contributed by atoms with Gasteiger partial charge in [0.05, 0.1) is 0 Å².